The van der Waals surface area contributed by atoms with Crippen LogP contribution in [0.15, 0.2) is 6.20 Å². The van der Waals surface area contributed by atoms with E-state index in [1.54, 1.807) is 0 Å². The van der Waals surface area contributed by atoms with Gasteiger partial charge in [-0.15, -0.1) is 0 Å². The Balaban J connectivity index is 2.02. The van der Waals surface area contributed by atoms with Gasteiger partial charge < -0.3 is 5.32 Å². The zero-order valence-electron chi connectivity index (χ0n) is 10.8. The Morgan fingerprint density at radius 2 is 2.12 bits per heavy atom. The first-order valence-electron chi connectivity index (χ1n) is 7.01. The molecule has 1 aliphatic carbocycles. The normalized spacial score (nSPS) is 20.1. The van der Waals surface area contributed by atoms with Gasteiger partial charge in [0.1, 0.15) is 0 Å². The van der Waals surface area contributed by atoms with E-state index in [0.717, 1.165) is 18.2 Å². The molecule has 96 valence electrons. The van der Waals surface area contributed by atoms with Crippen molar-refractivity contribution in [2.75, 3.05) is 6.54 Å². The summed E-state index contributed by atoms with van der Waals surface area (Å²) in [4.78, 5) is 0. The maximum atomic E-state index is 4.28. The summed E-state index contributed by atoms with van der Waals surface area (Å²) in [5, 5.41) is 14.6. The molecule has 0 aromatic carbocycles. The predicted octanol–water partition coefficient (Wildman–Crippen LogP) is 2.82. The smallest absolute Gasteiger partial charge is 0.0996 e. The van der Waals surface area contributed by atoms with E-state index < -0.39 is 0 Å². The van der Waals surface area contributed by atoms with Gasteiger partial charge in [0.05, 0.1) is 17.9 Å². The lowest BCUT2D eigenvalue weighted by molar-refractivity contribution is 0.320. The van der Waals surface area contributed by atoms with Gasteiger partial charge in [0.25, 0.3) is 0 Å². The zero-order valence-corrected chi connectivity index (χ0v) is 10.8. The molecule has 1 saturated carbocycles. The second-order valence-electron chi connectivity index (χ2n) is 5.08. The molecule has 2 N–H and O–H groups in total. The maximum absolute atomic E-state index is 4.28. The van der Waals surface area contributed by atoms with E-state index in [9.17, 15) is 0 Å². The molecule has 17 heavy (non-hydrogen) atoms. The predicted molar refractivity (Wildman–Crippen MR) is 68.6 cm³/mol. The summed E-state index contributed by atoms with van der Waals surface area (Å²) in [5.74, 6) is 0.731. The molecule has 1 aromatic heterocycles. The molecule has 0 bridgehead atoms. The molecule has 1 aliphatic rings. The van der Waals surface area contributed by atoms with Gasteiger partial charge >= 0.3 is 0 Å². The van der Waals surface area contributed by atoms with Gasteiger partial charge in [-0.05, 0) is 31.7 Å². The van der Waals surface area contributed by atoms with Crippen LogP contribution in [-0.4, -0.2) is 22.0 Å². The topological polar surface area (TPSA) is 53.6 Å². The van der Waals surface area contributed by atoms with Gasteiger partial charge in [-0.1, -0.05) is 32.6 Å². The van der Waals surface area contributed by atoms with Crippen molar-refractivity contribution in [1.82, 2.24) is 20.7 Å². The lowest BCUT2D eigenvalue weighted by atomic mass is 9.90. The monoisotopic (exact) mass is 236 g/mol. The van der Waals surface area contributed by atoms with E-state index in [0.29, 0.717) is 6.04 Å². The summed E-state index contributed by atoms with van der Waals surface area (Å²) >= 11 is 0. The number of hydrogen-bond donors (Lipinski definition) is 2. The Morgan fingerprint density at radius 3 is 2.71 bits per heavy atom. The highest BCUT2D eigenvalue weighted by atomic mass is 15.3. The Morgan fingerprint density at radius 1 is 1.35 bits per heavy atom. The Labute approximate surface area is 104 Å². The molecule has 2 rings (SSSR count). The highest BCUT2D eigenvalue weighted by molar-refractivity contribution is 5.02. The molecule has 0 radical (unpaired) electrons. The Bertz CT molecular complexity index is 288. The molecule has 0 amide bonds. The minimum atomic E-state index is 0.395. The van der Waals surface area contributed by atoms with Crippen LogP contribution >= 0.6 is 0 Å². The molecule has 0 aliphatic heterocycles. The quantitative estimate of drug-likeness (QED) is 0.773. The second-order valence-corrected chi connectivity index (χ2v) is 5.08. The zero-order chi connectivity index (χ0) is 11.9. The fraction of sp³-hybridized carbons (Fsp3) is 0.846. The van der Waals surface area contributed by atoms with Crippen LogP contribution in [0.25, 0.3) is 0 Å². The molecule has 1 aromatic rings. The summed E-state index contributed by atoms with van der Waals surface area (Å²) in [5.41, 5.74) is 1.09. The second kappa shape index (κ2) is 6.74. The van der Waals surface area contributed by atoms with Crippen molar-refractivity contribution >= 4 is 0 Å². The van der Waals surface area contributed by atoms with E-state index >= 15 is 0 Å². The number of nitrogens with one attached hydrogen (secondary N) is 2. The van der Waals surface area contributed by atoms with Crippen LogP contribution in [-0.2, 0) is 0 Å². The standard InChI is InChI=1S/C13H24N4/c1-2-9-14-13(12-10-15-17-16-12)11-7-5-3-4-6-8-11/h10-11,13-14H,2-9H2,1H3,(H,15,16,17). The molecule has 0 spiro atoms. The van der Waals surface area contributed by atoms with E-state index in [-0.39, 0.29) is 0 Å². The van der Waals surface area contributed by atoms with Crippen LogP contribution < -0.4 is 5.32 Å². The third-order valence-corrected chi connectivity index (χ3v) is 3.74. The number of nitrogens with zero attached hydrogens (tertiary/aromatic N) is 2. The van der Waals surface area contributed by atoms with Crippen LogP contribution in [0.4, 0.5) is 0 Å². The van der Waals surface area contributed by atoms with Gasteiger partial charge in [0.2, 0.25) is 0 Å². The molecule has 0 saturated heterocycles. The van der Waals surface area contributed by atoms with Crippen LogP contribution in [0.5, 0.6) is 0 Å². The number of rotatable bonds is 5. The average Bonchev–Trinajstić information content (AvgIpc) is 2.73. The fourth-order valence-corrected chi connectivity index (χ4v) is 2.82. The van der Waals surface area contributed by atoms with Crippen molar-refractivity contribution in [3.05, 3.63) is 11.9 Å². The van der Waals surface area contributed by atoms with Gasteiger partial charge in [-0.3, -0.25) is 0 Å². The first-order valence-corrected chi connectivity index (χ1v) is 7.01. The van der Waals surface area contributed by atoms with Crippen molar-refractivity contribution in [1.29, 1.82) is 0 Å². The van der Waals surface area contributed by atoms with Crippen LogP contribution in [0.1, 0.15) is 63.6 Å². The van der Waals surface area contributed by atoms with Crippen molar-refractivity contribution in [3.8, 4) is 0 Å². The number of H-pyrrole nitrogens is 1. The molecular formula is C13H24N4. The largest absolute Gasteiger partial charge is 0.308 e. The molecule has 4 nitrogen and oxygen atoms in total. The fourth-order valence-electron chi connectivity index (χ4n) is 2.82. The van der Waals surface area contributed by atoms with Gasteiger partial charge in [-0.2, -0.15) is 15.4 Å². The first kappa shape index (κ1) is 12.6. The maximum Gasteiger partial charge on any atom is 0.0996 e. The van der Waals surface area contributed by atoms with E-state index in [1.165, 1.54) is 44.9 Å². The Hall–Kier alpha value is -0.900. The first-order chi connectivity index (χ1) is 8.42. The van der Waals surface area contributed by atoms with Gasteiger partial charge in [0, 0.05) is 0 Å². The number of aromatic nitrogens is 3. The number of aromatic amines is 1. The Kier molecular flexibility index (Phi) is 4.98. The van der Waals surface area contributed by atoms with Crippen LogP contribution in [0.2, 0.25) is 0 Å². The lowest BCUT2D eigenvalue weighted by Crippen LogP contribution is -2.29. The summed E-state index contributed by atoms with van der Waals surface area (Å²) in [6, 6.07) is 0.395. The lowest BCUT2D eigenvalue weighted by Gasteiger charge is -2.25. The summed E-state index contributed by atoms with van der Waals surface area (Å²) < 4.78 is 0. The third-order valence-electron chi connectivity index (χ3n) is 3.74. The number of hydrogen-bond acceptors (Lipinski definition) is 3. The SMILES string of the molecule is CCCNC(c1cn[nH]n1)C1CCCCCC1. The van der Waals surface area contributed by atoms with Crippen molar-refractivity contribution in [2.45, 2.75) is 57.9 Å². The van der Waals surface area contributed by atoms with Crippen LogP contribution in [0.3, 0.4) is 0 Å². The third kappa shape index (κ3) is 3.53. The summed E-state index contributed by atoms with van der Waals surface area (Å²) in [6.07, 6.45) is 11.2. The minimum absolute atomic E-state index is 0.395. The average molecular weight is 236 g/mol. The molecule has 1 fully saturated rings. The molecule has 1 heterocycles. The van der Waals surface area contributed by atoms with Gasteiger partial charge in [0.15, 0.2) is 0 Å². The highest BCUT2D eigenvalue weighted by Crippen LogP contribution is 2.32. The van der Waals surface area contributed by atoms with E-state index in [2.05, 4.69) is 27.7 Å². The molecule has 4 heteroatoms. The molecule has 1 unspecified atom stereocenters. The van der Waals surface area contributed by atoms with E-state index in [4.69, 9.17) is 0 Å². The molecular weight excluding hydrogens is 212 g/mol. The van der Waals surface area contributed by atoms with Crippen molar-refractivity contribution in [3.63, 3.8) is 0 Å². The molecule has 1 atom stereocenters. The van der Waals surface area contributed by atoms with Gasteiger partial charge in [-0.25, -0.2) is 0 Å². The highest BCUT2D eigenvalue weighted by Gasteiger charge is 2.25. The summed E-state index contributed by atoms with van der Waals surface area (Å²) in [7, 11) is 0. The van der Waals surface area contributed by atoms with E-state index in [1.807, 2.05) is 6.20 Å². The van der Waals surface area contributed by atoms with Crippen molar-refractivity contribution < 1.29 is 0 Å². The van der Waals surface area contributed by atoms with Crippen molar-refractivity contribution in [2.24, 2.45) is 5.92 Å². The minimum Gasteiger partial charge on any atom is -0.308 e. The van der Waals surface area contributed by atoms with Crippen LogP contribution in [0, 0.1) is 5.92 Å². The summed E-state index contributed by atoms with van der Waals surface area (Å²) in [6.45, 7) is 3.27.